The lowest BCUT2D eigenvalue weighted by atomic mass is 10.2. The summed E-state index contributed by atoms with van der Waals surface area (Å²) >= 11 is 1.89. The van der Waals surface area contributed by atoms with Crippen LogP contribution in [0.3, 0.4) is 0 Å². The van der Waals surface area contributed by atoms with Gasteiger partial charge in [-0.05, 0) is 30.3 Å². The molecule has 0 unspecified atom stereocenters. The van der Waals surface area contributed by atoms with Crippen molar-refractivity contribution in [3.8, 4) is 5.75 Å². The molecule has 1 aromatic carbocycles. The largest absolute Gasteiger partial charge is 0.487 e. The Bertz CT molecular complexity index is 803. The molecule has 3 rings (SSSR count). The van der Waals surface area contributed by atoms with Gasteiger partial charge < -0.3 is 9.30 Å². The third-order valence-corrected chi connectivity index (χ3v) is 4.61. The lowest BCUT2D eigenvalue weighted by Gasteiger charge is -2.16. The zero-order valence-corrected chi connectivity index (χ0v) is 14.9. The molecule has 0 aliphatic carbocycles. The van der Waals surface area contributed by atoms with Crippen molar-refractivity contribution in [2.45, 2.75) is 37.0 Å². The minimum absolute atomic E-state index is 0.180. The van der Waals surface area contributed by atoms with Gasteiger partial charge in [0.15, 0.2) is 0 Å². The third-order valence-electron chi connectivity index (χ3n) is 3.45. The maximum atomic E-state index is 5.91. The first kappa shape index (κ1) is 15.9. The van der Waals surface area contributed by atoms with E-state index in [4.69, 9.17) is 4.74 Å². The van der Waals surface area contributed by atoms with Crippen LogP contribution in [0.4, 0.5) is 0 Å². The number of ether oxygens (including phenoxy) is 1. The molecule has 120 valence electrons. The van der Waals surface area contributed by atoms with Crippen LogP contribution in [0.2, 0.25) is 0 Å². The number of rotatable bonds is 4. The summed E-state index contributed by atoms with van der Waals surface area (Å²) in [6, 6.07) is 12.1. The van der Waals surface area contributed by atoms with Crippen LogP contribution in [-0.4, -0.2) is 14.3 Å². The number of hydrogen-bond donors (Lipinski definition) is 0. The highest BCUT2D eigenvalue weighted by atomic mass is 32.2. The molecule has 0 aliphatic heterocycles. The van der Waals surface area contributed by atoms with E-state index in [-0.39, 0.29) is 4.75 Å². The molecule has 3 aromatic rings. The van der Waals surface area contributed by atoms with Gasteiger partial charge in [-0.3, -0.25) is 4.98 Å². The van der Waals surface area contributed by atoms with Crippen LogP contribution in [0.5, 0.6) is 5.75 Å². The zero-order valence-electron chi connectivity index (χ0n) is 14.0. The number of benzene rings is 1. The first-order valence-corrected chi connectivity index (χ1v) is 8.55. The van der Waals surface area contributed by atoms with E-state index in [1.807, 2.05) is 36.0 Å². The molecule has 4 heteroatoms. The van der Waals surface area contributed by atoms with Gasteiger partial charge >= 0.3 is 0 Å². The Labute approximate surface area is 141 Å². The summed E-state index contributed by atoms with van der Waals surface area (Å²) in [5.41, 5.74) is 2.16. The first-order valence-electron chi connectivity index (χ1n) is 7.73. The molecule has 0 N–H and O–H groups in total. The Kier molecular flexibility index (Phi) is 4.35. The summed E-state index contributed by atoms with van der Waals surface area (Å²) in [6.07, 6.45) is 3.99. The summed E-state index contributed by atoms with van der Waals surface area (Å²) < 4.78 is 8.27. The van der Waals surface area contributed by atoms with E-state index >= 15 is 0 Å². The van der Waals surface area contributed by atoms with Gasteiger partial charge in [-0.1, -0.05) is 26.8 Å². The van der Waals surface area contributed by atoms with Crippen molar-refractivity contribution in [3.63, 3.8) is 0 Å². The summed E-state index contributed by atoms with van der Waals surface area (Å²) in [5, 5.41) is 1.24. The highest BCUT2D eigenvalue weighted by molar-refractivity contribution is 8.00. The van der Waals surface area contributed by atoms with Crippen molar-refractivity contribution in [1.82, 2.24) is 9.55 Å². The minimum Gasteiger partial charge on any atom is -0.487 e. The second-order valence-corrected chi connectivity index (χ2v) is 8.48. The molecule has 3 nitrogen and oxygen atoms in total. The minimum atomic E-state index is 0.180. The maximum Gasteiger partial charge on any atom is 0.130 e. The molecule has 0 radical (unpaired) electrons. The molecule has 2 aromatic heterocycles. The topological polar surface area (TPSA) is 27.1 Å². The van der Waals surface area contributed by atoms with E-state index in [1.54, 1.807) is 6.20 Å². The van der Waals surface area contributed by atoms with E-state index in [2.05, 4.69) is 55.7 Å². The predicted molar refractivity (Wildman–Crippen MR) is 97.1 cm³/mol. The molecule has 0 saturated carbocycles. The van der Waals surface area contributed by atoms with E-state index in [9.17, 15) is 0 Å². The SMILES string of the molecule is Cn1cc(SC(C)(C)C)c2cc(OCc3ccccn3)ccc21. The van der Waals surface area contributed by atoms with Crippen LogP contribution in [0, 0.1) is 0 Å². The first-order chi connectivity index (χ1) is 10.9. The van der Waals surface area contributed by atoms with Crippen molar-refractivity contribution in [3.05, 3.63) is 54.5 Å². The summed E-state index contributed by atoms with van der Waals surface area (Å²) in [7, 11) is 2.09. The molecule has 23 heavy (non-hydrogen) atoms. The Morgan fingerprint density at radius 3 is 2.70 bits per heavy atom. The van der Waals surface area contributed by atoms with Crippen molar-refractivity contribution >= 4 is 22.7 Å². The van der Waals surface area contributed by atoms with E-state index in [1.165, 1.54) is 15.8 Å². The monoisotopic (exact) mass is 326 g/mol. The van der Waals surface area contributed by atoms with Crippen LogP contribution in [0.15, 0.2) is 53.7 Å². The van der Waals surface area contributed by atoms with Gasteiger partial charge in [0.2, 0.25) is 0 Å². The Hall–Kier alpha value is -1.94. The van der Waals surface area contributed by atoms with E-state index in [0.717, 1.165) is 11.4 Å². The number of hydrogen-bond acceptors (Lipinski definition) is 3. The lowest BCUT2D eigenvalue weighted by molar-refractivity contribution is 0.301. The second-order valence-electron chi connectivity index (χ2n) is 6.61. The molecule has 0 aliphatic rings. The van der Waals surface area contributed by atoms with Gasteiger partial charge in [-0.25, -0.2) is 0 Å². The lowest BCUT2D eigenvalue weighted by Crippen LogP contribution is -2.06. The van der Waals surface area contributed by atoms with Crippen LogP contribution in [-0.2, 0) is 13.7 Å². The van der Waals surface area contributed by atoms with Gasteiger partial charge in [0.1, 0.15) is 12.4 Å². The van der Waals surface area contributed by atoms with Gasteiger partial charge in [0.25, 0.3) is 0 Å². The number of aromatic nitrogens is 2. The Balaban J connectivity index is 1.86. The van der Waals surface area contributed by atoms with Crippen molar-refractivity contribution in [1.29, 1.82) is 0 Å². The van der Waals surface area contributed by atoms with Gasteiger partial charge in [0.05, 0.1) is 5.69 Å². The average molecular weight is 326 g/mol. The average Bonchev–Trinajstić information content (AvgIpc) is 2.80. The van der Waals surface area contributed by atoms with Crippen LogP contribution >= 0.6 is 11.8 Å². The number of fused-ring (bicyclic) bond motifs is 1. The third kappa shape index (κ3) is 3.88. The number of aryl methyl sites for hydroxylation is 1. The highest BCUT2D eigenvalue weighted by Gasteiger charge is 2.16. The molecule has 0 fully saturated rings. The molecule has 0 atom stereocenters. The maximum absolute atomic E-state index is 5.91. The van der Waals surface area contributed by atoms with Crippen molar-refractivity contribution in [2.75, 3.05) is 0 Å². The molecular formula is C19H22N2OS. The van der Waals surface area contributed by atoms with Gasteiger partial charge in [-0.15, -0.1) is 11.8 Å². The van der Waals surface area contributed by atoms with Crippen molar-refractivity contribution < 1.29 is 4.74 Å². The Morgan fingerprint density at radius 2 is 2.00 bits per heavy atom. The fourth-order valence-corrected chi connectivity index (χ4v) is 3.62. The standard InChI is InChI=1S/C19H22N2OS/c1-19(2,3)23-18-12-21(4)17-9-8-15(11-16(17)18)22-13-14-7-5-6-10-20-14/h5-12H,13H2,1-4H3. The number of pyridine rings is 1. The van der Waals surface area contributed by atoms with Gasteiger partial charge in [-0.2, -0.15) is 0 Å². The van der Waals surface area contributed by atoms with Crippen LogP contribution in [0.1, 0.15) is 26.5 Å². The normalized spacial score (nSPS) is 11.8. The summed E-state index contributed by atoms with van der Waals surface area (Å²) in [5.74, 6) is 0.880. The predicted octanol–water partition coefficient (Wildman–Crippen LogP) is 5.04. The fourth-order valence-electron chi connectivity index (χ4n) is 2.48. The fraction of sp³-hybridized carbons (Fsp3) is 0.316. The molecule has 0 bridgehead atoms. The number of nitrogens with zero attached hydrogens (tertiary/aromatic N) is 2. The van der Waals surface area contributed by atoms with Crippen LogP contribution in [0.25, 0.3) is 10.9 Å². The molecule has 0 spiro atoms. The number of thioether (sulfide) groups is 1. The van der Waals surface area contributed by atoms with E-state index in [0.29, 0.717) is 6.61 Å². The molecule has 2 heterocycles. The second kappa shape index (κ2) is 6.28. The summed E-state index contributed by atoms with van der Waals surface area (Å²) in [6.45, 7) is 7.19. The smallest absolute Gasteiger partial charge is 0.130 e. The molecular weight excluding hydrogens is 304 g/mol. The summed E-state index contributed by atoms with van der Waals surface area (Å²) in [4.78, 5) is 5.58. The molecule has 0 saturated heterocycles. The van der Waals surface area contributed by atoms with Gasteiger partial charge in [0, 0.05) is 40.0 Å². The van der Waals surface area contributed by atoms with Crippen LogP contribution < -0.4 is 4.74 Å². The van der Waals surface area contributed by atoms with Crippen molar-refractivity contribution in [2.24, 2.45) is 7.05 Å². The Morgan fingerprint density at radius 1 is 1.17 bits per heavy atom. The zero-order chi connectivity index (χ0) is 16.4. The van der Waals surface area contributed by atoms with E-state index < -0.39 is 0 Å². The quantitative estimate of drug-likeness (QED) is 0.628. The molecule has 0 amide bonds. The highest BCUT2D eigenvalue weighted by Crippen LogP contribution is 2.38.